The van der Waals surface area contributed by atoms with Crippen molar-refractivity contribution in [2.75, 3.05) is 7.05 Å². The van der Waals surface area contributed by atoms with Crippen LogP contribution in [0.3, 0.4) is 0 Å². The standard InChI is InChI=1S/C17H24O2.C7H10N2.C7H9N/c1-11(2)14(6)17(10-18)16-8-7-15(9-13(16)5)19-12(3)4;1-8-5-7-3-2-4-9-6-7;1-2-7-5-3-4-6-8-7/h7-12H,1-6H3;2-4,6,8H,5H2,1H3;3-6H,2H2,1H3/b17-14+;;. The van der Waals surface area contributed by atoms with Gasteiger partial charge in [0, 0.05) is 36.4 Å². The lowest BCUT2D eigenvalue weighted by atomic mass is 9.92. The number of carbonyl (C=O) groups is 1. The fourth-order valence-corrected chi connectivity index (χ4v) is 3.28. The predicted molar refractivity (Wildman–Crippen MR) is 151 cm³/mol. The summed E-state index contributed by atoms with van der Waals surface area (Å²) in [7, 11) is 1.92. The number of aryl methyl sites for hydroxylation is 2. The van der Waals surface area contributed by atoms with Crippen molar-refractivity contribution in [2.24, 2.45) is 5.92 Å². The molecule has 0 saturated carbocycles. The number of ether oxygens (including phenoxy) is 1. The molecule has 5 nitrogen and oxygen atoms in total. The molecule has 0 bridgehead atoms. The summed E-state index contributed by atoms with van der Waals surface area (Å²) in [5, 5.41) is 3.04. The number of pyridine rings is 2. The Balaban J connectivity index is 0.000000313. The fraction of sp³-hybridized carbons (Fsp3) is 0.387. The van der Waals surface area contributed by atoms with Gasteiger partial charge in [0.15, 0.2) is 6.29 Å². The topological polar surface area (TPSA) is 64.1 Å². The zero-order valence-corrected chi connectivity index (χ0v) is 23.2. The second-order valence-corrected chi connectivity index (χ2v) is 9.08. The SMILES string of the molecule is C/C(=C(/C=O)c1ccc(OC(C)C)cc1C)C(C)C.CCc1ccccn1.CNCc1cccnc1. The summed E-state index contributed by atoms with van der Waals surface area (Å²) in [6.07, 6.45) is 7.60. The van der Waals surface area contributed by atoms with E-state index in [1.165, 1.54) is 5.56 Å². The van der Waals surface area contributed by atoms with Crippen molar-refractivity contribution < 1.29 is 9.53 Å². The van der Waals surface area contributed by atoms with E-state index in [2.05, 4.69) is 36.1 Å². The molecule has 194 valence electrons. The number of rotatable bonds is 8. The molecule has 0 aliphatic heterocycles. The van der Waals surface area contributed by atoms with E-state index < -0.39 is 0 Å². The molecule has 0 amide bonds. The van der Waals surface area contributed by atoms with Gasteiger partial charge in [-0.3, -0.25) is 14.8 Å². The first-order valence-corrected chi connectivity index (χ1v) is 12.6. The molecule has 0 radical (unpaired) electrons. The third-order valence-corrected chi connectivity index (χ3v) is 5.46. The number of nitrogens with one attached hydrogen (secondary N) is 1. The van der Waals surface area contributed by atoms with Crippen LogP contribution in [0.4, 0.5) is 0 Å². The van der Waals surface area contributed by atoms with Crippen molar-refractivity contribution in [3.05, 3.63) is 95.1 Å². The molecule has 2 aromatic heterocycles. The lowest BCUT2D eigenvalue weighted by molar-refractivity contribution is -0.103. The van der Waals surface area contributed by atoms with Crippen LogP contribution in [0.15, 0.2) is 72.7 Å². The minimum atomic E-state index is 0.156. The lowest BCUT2D eigenvalue weighted by Gasteiger charge is -2.15. The second kappa shape index (κ2) is 17.2. The van der Waals surface area contributed by atoms with Crippen LogP contribution in [-0.2, 0) is 17.8 Å². The Morgan fingerprint density at radius 3 is 2.25 bits per heavy atom. The summed E-state index contributed by atoms with van der Waals surface area (Å²) in [5.41, 5.74) is 6.37. The third kappa shape index (κ3) is 11.4. The molecule has 0 fully saturated rings. The van der Waals surface area contributed by atoms with Gasteiger partial charge in [-0.25, -0.2) is 0 Å². The molecule has 0 unspecified atom stereocenters. The number of carbonyl (C=O) groups excluding carboxylic acids is 1. The van der Waals surface area contributed by atoms with Crippen molar-refractivity contribution in [3.63, 3.8) is 0 Å². The van der Waals surface area contributed by atoms with E-state index >= 15 is 0 Å². The van der Waals surface area contributed by atoms with E-state index in [4.69, 9.17) is 4.74 Å². The largest absolute Gasteiger partial charge is 0.491 e. The smallest absolute Gasteiger partial charge is 0.150 e. The number of aldehydes is 1. The summed E-state index contributed by atoms with van der Waals surface area (Å²) in [4.78, 5) is 19.4. The summed E-state index contributed by atoms with van der Waals surface area (Å²) in [6.45, 7) is 15.2. The first kappa shape index (κ1) is 30.7. The summed E-state index contributed by atoms with van der Waals surface area (Å²) in [5.74, 6) is 1.22. The summed E-state index contributed by atoms with van der Waals surface area (Å²) in [6, 6.07) is 15.8. The van der Waals surface area contributed by atoms with E-state index in [1.54, 1.807) is 6.20 Å². The molecular weight excluding hydrogens is 446 g/mol. The minimum Gasteiger partial charge on any atom is -0.491 e. The van der Waals surface area contributed by atoms with E-state index in [9.17, 15) is 4.79 Å². The molecule has 36 heavy (non-hydrogen) atoms. The highest BCUT2D eigenvalue weighted by molar-refractivity contribution is 6.08. The number of aromatic nitrogens is 2. The molecule has 0 atom stereocenters. The molecule has 0 saturated heterocycles. The Morgan fingerprint density at radius 2 is 1.81 bits per heavy atom. The molecule has 2 heterocycles. The van der Waals surface area contributed by atoms with Crippen molar-refractivity contribution in [2.45, 2.75) is 67.5 Å². The molecule has 0 spiro atoms. The summed E-state index contributed by atoms with van der Waals surface area (Å²) < 4.78 is 5.67. The van der Waals surface area contributed by atoms with E-state index in [-0.39, 0.29) is 6.10 Å². The van der Waals surface area contributed by atoms with Gasteiger partial charge in [0.2, 0.25) is 0 Å². The molecular formula is C31H43N3O2. The van der Waals surface area contributed by atoms with Crippen LogP contribution in [0.1, 0.15) is 63.9 Å². The Labute approximate surface area is 218 Å². The number of benzene rings is 1. The van der Waals surface area contributed by atoms with E-state index in [1.807, 2.05) is 95.7 Å². The molecule has 3 aromatic rings. The molecule has 5 heteroatoms. The van der Waals surface area contributed by atoms with Crippen LogP contribution in [0.2, 0.25) is 0 Å². The minimum absolute atomic E-state index is 0.156. The van der Waals surface area contributed by atoms with Crippen LogP contribution in [0.5, 0.6) is 5.75 Å². The van der Waals surface area contributed by atoms with Crippen molar-refractivity contribution in [1.29, 1.82) is 0 Å². The Bertz CT molecular complexity index is 1050. The zero-order valence-electron chi connectivity index (χ0n) is 23.2. The molecule has 0 aliphatic carbocycles. The van der Waals surface area contributed by atoms with Gasteiger partial charge in [-0.2, -0.15) is 0 Å². The molecule has 0 aliphatic rings. The zero-order chi connectivity index (χ0) is 26.9. The number of hydrogen-bond donors (Lipinski definition) is 1. The average molecular weight is 490 g/mol. The van der Waals surface area contributed by atoms with Crippen molar-refractivity contribution >= 4 is 11.9 Å². The van der Waals surface area contributed by atoms with Gasteiger partial charge in [-0.05, 0) is 94.1 Å². The van der Waals surface area contributed by atoms with Crippen molar-refractivity contribution in [1.82, 2.24) is 15.3 Å². The van der Waals surface area contributed by atoms with E-state index in [0.29, 0.717) is 5.92 Å². The highest BCUT2D eigenvalue weighted by Crippen LogP contribution is 2.27. The fourth-order valence-electron chi connectivity index (χ4n) is 3.28. The monoisotopic (exact) mass is 489 g/mol. The quantitative estimate of drug-likeness (QED) is 0.277. The Hall–Kier alpha value is -3.31. The third-order valence-electron chi connectivity index (χ3n) is 5.46. The first-order chi connectivity index (χ1) is 17.2. The number of nitrogens with zero attached hydrogens (tertiary/aromatic N) is 2. The molecule has 1 aromatic carbocycles. The predicted octanol–water partition coefficient (Wildman–Crippen LogP) is 6.86. The van der Waals surface area contributed by atoms with Gasteiger partial charge >= 0.3 is 0 Å². The maximum Gasteiger partial charge on any atom is 0.150 e. The number of hydrogen-bond acceptors (Lipinski definition) is 5. The highest BCUT2D eigenvalue weighted by atomic mass is 16.5. The van der Waals surface area contributed by atoms with Crippen LogP contribution in [-0.4, -0.2) is 29.4 Å². The van der Waals surface area contributed by atoms with Gasteiger partial charge in [0.1, 0.15) is 5.75 Å². The second-order valence-electron chi connectivity index (χ2n) is 9.08. The van der Waals surface area contributed by atoms with Crippen LogP contribution in [0.25, 0.3) is 5.57 Å². The Kier molecular flexibility index (Phi) is 14.7. The van der Waals surface area contributed by atoms with Crippen molar-refractivity contribution in [3.8, 4) is 5.75 Å². The Morgan fingerprint density at radius 1 is 1.06 bits per heavy atom. The van der Waals surface area contributed by atoms with Crippen LogP contribution >= 0.6 is 0 Å². The summed E-state index contributed by atoms with van der Waals surface area (Å²) >= 11 is 0. The lowest BCUT2D eigenvalue weighted by Crippen LogP contribution is -2.06. The average Bonchev–Trinajstić information content (AvgIpc) is 2.87. The van der Waals surface area contributed by atoms with E-state index in [0.717, 1.165) is 53.0 Å². The van der Waals surface area contributed by atoms with Gasteiger partial charge in [0.05, 0.1) is 6.10 Å². The normalized spacial score (nSPS) is 11.1. The first-order valence-electron chi connectivity index (χ1n) is 12.6. The molecule has 3 rings (SSSR count). The number of allylic oxidation sites excluding steroid dienone is 2. The van der Waals surface area contributed by atoms with Crippen LogP contribution < -0.4 is 10.1 Å². The van der Waals surface area contributed by atoms with Gasteiger partial charge < -0.3 is 10.1 Å². The molecule has 1 N–H and O–H groups in total. The van der Waals surface area contributed by atoms with Crippen LogP contribution in [0, 0.1) is 12.8 Å². The van der Waals surface area contributed by atoms with Gasteiger partial charge in [0.25, 0.3) is 0 Å². The van der Waals surface area contributed by atoms with Gasteiger partial charge in [-0.1, -0.05) is 44.5 Å². The maximum atomic E-state index is 11.4. The van der Waals surface area contributed by atoms with Gasteiger partial charge in [-0.15, -0.1) is 0 Å². The highest BCUT2D eigenvalue weighted by Gasteiger charge is 2.11. The maximum absolute atomic E-state index is 11.4.